The van der Waals surface area contributed by atoms with E-state index >= 15 is 0 Å². The second-order valence-electron chi connectivity index (χ2n) is 7.31. The smallest absolute Gasteiger partial charge is 0.313 e. The van der Waals surface area contributed by atoms with Gasteiger partial charge in [-0.25, -0.2) is 4.39 Å². The van der Waals surface area contributed by atoms with E-state index in [0.29, 0.717) is 6.54 Å². The lowest BCUT2D eigenvalue weighted by atomic mass is 9.98. The Morgan fingerprint density at radius 3 is 2.65 bits per heavy atom. The number of fused-ring (bicyclic) bond motifs is 1. The van der Waals surface area contributed by atoms with E-state index in [1.165, 1.54) is 23.3 Å². The molecule has 160 valence electrons. The number of halogens is 2. The van der Waals surface area contributed by atoms with Crippen LogP contribution in [-0.4, -0.2) is 29.8 Å². The summed E-state index contributed by atoms with van der Waals surface area (Å²) in [5, 5.41) is 7.08. The van der Waals surface area contributed by atoms with Crippen LogP contribution < -0.4 is 10.6 Å². The maximum absolute atomic E-state index is 13.3. The van der Waals surface area contributed by atoms with Gasteiger partial charge in [0.2, 0.25) is 0 Å². The van der Waals surface area contributed by atoms with Gasteiger partial charge >= 0.3 is 11.8 Å². The van der Waals surface area contributed by atoms with Crippen molar-refractivity contribution in [2.24, 2.45) is 0 Å². The van der Waals surface area contributed by atoms with E-state index in [-0.39, 0.29) is 16.8 Å². The number of hydrogen-bond donors (Lipinski definition) is 2. The summed E-state index contributed by atoms with van der Waals surface area (Å²) < 4.78 is 13.3. The molecule has 0 bridgehead atoms. The van der Waals surface area contributed by atoms with Crippen molar-refractivity contribution in [3.05, 3.63) is 86.8 Å². The van der Waals surface area contributed by atoms with Gasteiger partial charge in [-0.15, -0.1) is 11.3 Å². The summed E-state index contributed by atoms with van der Waals surface area (Å²) in [4.78, 5) is 28.1. The number of carbonyl (C=O) groups excluding carboxylic acids is 2. The zero-order valence-corrected chi connectivity index (χ0v) is 18.2. The highest BCUT2D eigenvalue weighted by Gasteiger charge is 2.26. The highest BCUT2D eigenvalue weighted by molar-refractivity contribution is 7.10. The maximum Gasteiger partial charge on any atom is 0.313 e. The van der Waals surface area contributed by atoms with Crippen LogP contribution in [0.4, 0.5) is 10.1 Å². The molecular weight excluding hydrogens is 437 g/mol. The Morgan fingerprint density at radius 1 is 1.10 bits per heavy atom. The van der Waals surface area contributed by atoms with Gasteiger partial charge in [0.05, 0.1) is 11.1 Å². The Kier molecular flexibility index (Phi) is 6.65. The number of rotatable bonds is 5. The summed E-state index contributed by atoms with van der Waals surface area (Å²) in [5.74, 6) is -2.16. The van der Waals surface area contributed by atoms with Crippen LogP contribution in [0.3, 0.4) is 0 Å². The van der Waals surface area contributed by atoms with E-state index in [0.717, 1.165) is 30.5 Å². The highest BCUT2D eigenvalue weighted by Crippen LogP contribution is 2.30. The fourth-order valence-electron chi connectivity index (χ4n) is 3.71. The molecule has 0 spiro atoms. The molecule has 8 heteroatoms. The van der Waals surface area contributed by atoms with Gasteiger partial charge in [-0.1, -0.05) is 41.9 Å². The average molecular weight is 458 g/mol. The number of amides is 2. The van der Waals surface area contributed by atoms with E-state index in [2.05, 4.69) is 33.7 Å². The van der Waals surface area contributed by atoms with E-state index in [1.54, 1.807) is 11.3 Å². The number of nitrogens with zero attached hydrogens (tertiary/aromatic N) is 1. The number of carbonyl (C=O) groups is 2. The van der Waals surface area contributed by atoms with E-state index in [4.69, 9.17) is 11.6 Å². The molecule has 1 atom stereocenters. The minimum atomic E-state index is -0.823. The third-order valence-electron chi connectivity index (χ3n) is 5.31. The molecule has 2 aromatic carbocycles. The minimum absolute atomic E-state index is 0.0367. The number of benzene rings is 2. The summed E-state index contributed by atoms with van der Waals surface area (Å²) in [6, 6.07) is 16.1. The number of anilines is 1. The Balaban J connectivity index is 1.41. The normalized spacial score (nSPS) is 14.5. The third kappa shape index (κ3) is 5.12. The van der Waals surface area contributed by atoms with Crippen molar-refractivity contribution in [1.82, 2.24) is 10.2 Å². The number of nitrogens with one attached hydrogen (secondary N) is 2. The lowest BCUT2D eigenvalue weighted by Gasteiger charge is -2.35. The minimum Gasteiger partial charge on any atom is -0.346 e. The molecule has 2 N–H and O–H groups in total. The van der Waals surface area contributed by atoms with Crippen molar-refractivity contribution in [2.75, 3.05) is 18.4 Å². The average Bonchev–Trinajstić information content (AvgIpc) is 3.31. The molecule has 4 rings (SSSR count). The number of thiophene rings is 1. The van der Waals surface area contributed by atoms with Crippen LogP contribution >= 0.6 is 22.9 Å². The molecule has 0 saturated carbocycles. The van der Waals surface area contributed by atoms with Crippen molar-refractivity contribution >= 4 is 40.4 Å². The Bertz CT molecular complexity index is 1090. The molecular formula is C23H21ClFN3O2S. The van der Waals surface area contributed by atoms with Gasteiger partial charge in [-0.05, 0) is 47.2 Å². The molecule has 0 fully saturated rings. The van der Waals surface area contributed by atoms with Crippen LogP contribution in [-0.2, 0) is 22.6 Å². The summed E-state index contributed by atoms with van der Waals surface area (Å²) in [5.41, 5.74) is 2.90. The first kappa shape index (κ1) is 21.5. The first-order chi connectivity index (χ1) is 15.0. The molecule has 0 aliphatic carbocycles. The van der Waals surface area contributed by atoms with Gasteiger partial charge in [-0.3, -0.25) is 14.5 Å². The predicted molar refractivity (Wildman–Crippen MR) is 121 cm³/mol. The lowest BCUT2D eigenvalue weighted by Crippen LogP contribution is -2.43. The van der Waals surface area contributed by atoms with Crippen molar-refractivity contribution < 1.29 is 14.0 Å². The number of hydrogen-bond acceptors (Lipinski definition) is 4. The predicted octanol–water partition coefficient (Wildman–Crippen LogP) is 4.39. The molecule has 1 aliphatic heterocycles. The summed E-state index contributed by atoms with van der Waals surface area (Å²) >= 11 is 7.36. The molecule has 1 aliphatic rings. The van der Waals surface area contributed by atoms with Gasteiger partial charge in [0.1, 0.15) is 5.82 Å². The van der Waals surface area contributed by atoms with E-state index in [1.807, 2.05) is 23.6 Å². The molecule has 0 radical (unpaired) electrons. The van der Waals surface area contributed by atoms with E-state index < -0.39 is 17.6 Å². The summed E-state index contributed by atoms with van der Waals surface area (Å²) in [7, 11) is 0. The molecule has 2 heterocycles. The zero-order valence-electron chi connectivity index (χ0n) is 16.6. The van der Waals surface area contributed by atoms with Crippen molar-refractivity contribution in [1.29, 1.82) is 0 Å². The molecule has 5 nitrogen and oxygen atoms in total. The first-order valence-corrected chi connectivity index (χ1v) is 11.2. The van der Waals surface area contributed by atoms with Crippen molar-refractivity contribution in [2.45, 2.75) is 19.0 Å². The maximum atomic E-state index is 13.3. The van der Waals surface area contributed by atoms with Crippen LogP contribution in [0.2, 0.25) is 5.02 Å². The standard InChI is InChI=1S/C23H21ClFN3O2S/c24-18-12-17(7-8-19(18)25)27-23(30)22(29)26-13-20(21-6-3-11-31-21)28-10-9-15-4-1-2-5-16(15)14-28/h1-8,11-12,20H,9-10,13-14H2,(H,26,29)(H,27,30)/t20-/m1/s1. The van der Waals surface area contributed by atoms with Gasteiger partial charge in [0.15, 0.2) is 0 Å². The third-order valence-corrected chi connectivity index (χ3v) is 6.58. The van der Waals surface area contributed by atoms with Gasteiger partial charge < -0.3 is 10.6 Å². The molecule has 0 unspecified atom stereocenters. The molecule has 0 saturated heterocycles. The SMILES string of the molecule is O=C(NC[C@H](c1cccs1)N1CCc2ccccc2C1)C(=O)Nc1ccc(F)c(Cl)c1. The van der Waals surface area contributed by atoms with Crippen LogP contribution in [0.1, 0.15) is 22.0 Å². The zero-order chi connectivity index (χ0) is 21.8. The van der Waals surface area contributed by atoms with Gasteiger partial charge in [-0.2, -0.15) is 0 Å². The fraction of sp³-hybridized carbons (Fsp3) is 0.217. The Morgan fingerprint density at radius 2 is 1.90 bits per heavy atom. The second-order valence-corrected chi connectivity index (χ2v) is 8.70. The topological polar surface area (TPSA) is 61.4 Å². The highest BCUT2D eigenvalue weighted by atomic mass is 35.5. The van der Waals surface area contributed by atoms with E-state index in [9.17, 15) is 14.0 Å². The monoisotopic (exact) mass is 457 g/mol. The van der Waals surface area contributed by atoms with Gasteiger partial charge in [0.25, 0.3) is 0 Å². The van der Waals surface area contributed by atoms with Crippen molar-refractivity contribution in [3.63, 3.8) is 0 Å². The lowest BCUT2D eigenvalue weighted by molar-refractivity contribution is -0.136. The van der Waals surface area contributed by atoms with Crippen LogP contribution in [0.25, 0.3) is 0 Å². The van der Waals surface area contributed by atoms with Crippen molar-refractivity contribution in [3.8, 4) is 0 Å². The fourth-order valence-corrected chi connectivity index (χ4v) is 4.75. The molecule has 2 amide bonds. The molecule has 3 aromatic rings. The largest absolute Gasteiger partial charge is 0.346 e. The quantitative estimate of drug-likeness (QED) is 0.558. The summed E-state index contributed by atoms with van der Waals surface area (Å²) in [6.07, 6.45) is 0.942. The molecule has 1 aromatic heterocycles. The Labute approximate surface area is 188 Å². The first-order valence-electron chi connectivity index (χ1n) is 9.90. The van der Waals surface area contributed by atoms with Crippen LogP contribution in [0, 0.1) is 5.82 Å². The summed E-state index contributed by atoms with van der Waals surface area (Å²) in [6.45, 7) is 1.96. The Hall–Kier alpha value is -2.74. The van der Waals surface area contributed by atoms with Crippen LogP contribution in [0.5, 0.6) is 0 Å². The molecule has 31 heavy (non-hydrogen) atoms. The van der Waals surface area contributed by atoms with Gasteiger partial charge in [0, 0.05) is 30.2 Å². The second kappa shape index (κ2) is 9.60. The van der Waals surface area contributed by atoms with Crippen LogP contribution in [0.15, 0.2) is 60.0 Å².